The summed E-state index contributed by atoms with van der Waals surface area (Å²) in [6, 6.07) is 10.3. The normalized spacial score (nSPS) is 13.1. The lowest BCUT2D eigenvalue weighted by Gasteiger charge is -2.22. The second-order valence-electron chi connectivity index (χ2n) is 6.40. The molecule has 0 spiro atoms. The largest absolute Gasteiger partial charge is 0.488 e. The van der Waals surface area contributed by atoms with Crippen molar-refractivity contribution in [2.24, 2.45) is 0 Å². The maximum absolute atomic E-state index is 12.9. The number of benzene rings is 2. The molecule has 3 rings (SSSR count). The zero-order valence-corrected chi connectivity index (χ0v) is 16.0. The van der Waals surface area contributed by atoms with E-state index in [0.717, 1.165) is 17.7 Å². The third kappa shape index (κ3) is 4.89. The first-order valence-electron chi connectivity index (χ1n) is 8.49. The van der Waals surface area contributed by atoms with Crippen molar-refractivity contribution in [2.45, 2.75) is 6.18 Å². The number of fused-ring (bicyclic) bond motifs is 1. The Kier molecular flexibility index (Phi) is 5.83. The van der Waals surface area contributed by atoms with Crippen LogP contribution in [0.2, 0.25) is 5.02 Å². The predicted octanol–water partition coefficient (Wildman–Crippen LogP) is 4.23. The molecule has 0 saturated carbocycles. The number of hydrogen-bond donors (Lipinski definition) is 1. The summed E-state index contributed by atoms with van der Waals surface area (Å²) in [4.78, 5) is 25.9. The van der Waals surface area contributed by atoms with Crippen molar-refractivity contribution >= 4 is 35.2 Å². The quantitative estimate of drug-likeness (QED) is 0.799. The smallest absolute Gasteiger partial charge is 0.417 e. The van der Waals surface area contributed by atoms with E-state index in [9.17, 15) is 22.8 Å². The monoisotopic (exact) mass is 424 g/mol. The fraction of sp³-hybridized carbons (Fsp3) is 0.200. The highest BCUT2D eigenvalue weighted by Gasteiger charge is 2.33. The van der Waals surface area contributed by atoms with Gasteiger partial charge in [-0.2, -0.15) is 13.2 Å². The van der Waals surface area contributed by atoms with Gasteiger partial charge in [0.25, 0.3) is 5.91 Å². The van der Waals surface area contributed by atoms with Crippen LogP contribution in [0.5, 0.6) is 5.75 Å². The van der Waals surface area contributed by atoms with Crippen LogP contribution < -0.4 is 10.1 Å². The molecule has 0 aromatic heterocycles. The molecule has 0 fully saturated rings. The molecular weight excluding hydrogens is 409 g/mol. The van der Waals surface area contributed by atoms with Crippen molar-refractivity contribution in [1.29, 1.82) is 0 Å². The van der Waals surface area contributed by atoms with E-state index in [1.54, 1.807) is 18.2 Å². The number of alkyl halides is 3. The summed E-state index contributed by atoms with van der Waals surface area (Å²) in [6.45, 7) is -0.282. The molecule has 5 nitrogen and oxygen atoms in total. The van der Waals surface area contributed by atoms with Crippen molar-refractivity contribution in [3.05, 3.63) is 64.2 Å². The SMILES string of the molecule is CN(CC(=O)Nc1ccc(Cl)c(C(F)(F)F)c1)C(=O)C1=Cc2ccccc2OC1. The van der Waals surface area contributed by atoms with Crippen LogP contribution in [-0.2, 0) is 15.8 Å². The first-order chi connectivity index (χ1) is 13.6. The Balaban J connectivity index is 1.65. The molecule has 0 aliphatic carbocycles. The van der Waals surface area contributed by atoms with Gasteiger partial charge >= 0.3 is 6.18 Å². The Bertz CT molecular complexity index is 989. The third-order valence-corrected chi connectivity index (χ3v) is 4.52. The van der Waals surface area contributed by atoms with Crippen LogP contribution >= 0.6 is 11.6 Å². The highest BCUT2D eigenvalue weighted by Crippen LogP contribution is 2.36. The summed E-state index contributed by atoms with van der Waals surface area (Å²) < 4.78 is 44.3. The standard InChI is InChI=1S/C20H16ClF3N2O3/c1-26(19(28)13-8-12-4-2-3-5-17(12)29-11-13)10-18(27)25-14-6-7-16(21)15(9-14)20(22,23)24/h2-9H,10-11H2,1H3,(H,25,27). The van der Waals surface area contributed by atoms with Crippen molar-refractivity contribution in [2.75, 3.05) is 25.5 Å². The molecule has 1 heterocycles. The number of nitrogens with zero attached hydrogens (tertiary/aromatic N) is 1. The van der Waals surface area contributed by atoms with Crippen LogP contribution in [0.4, 0.5) is 18.9 Å². The lowest BCUT2D eigenvalue weighted by molar-refractivity contribution is -0.137. The molecule has 2 aromatic carbocycles. The molecule has 0 radical (unpaired) electrons. The molecule has 0 bridgehead atoms. The molecule has 1 aliphatic rings. The van der Waals surface area contributed by atoms with Crippen LogP contribution in [0.15, 0.2) is 48.0 Å². The molecule has 0 saturated heterocycles. The van der Waals surface area contributed by atoms with Crippen molar-refractivity contribution in [3.63, 3.8) is 0 Å². The lowest BCUT2D eigenvalue weighted by Crippen LogP contribution is -2.37. The minimum absolute atomic E-state index is 0.0634. The molecule has 2 amide bonds. The number of hydrogen-bond acceptors (Lipinski definition) is 3. The fourth-order valence-electron chi connectivity index (χ4n) is 2.79. The average Bonchev–Trinajstić information content (AvgIpc) is 2.67. The number of para-hydroxylation sites is 1. The first kappa shape index (κ1) is 20.7. The number of carbonyl (C=O) groups is 2. The second-order valence-corrected chi connectivity index (χ2v) is 6.81. The first-order valence-corrected chi connectivity index (χ1v) is 8.87. The van der Waals surface area contributed by atoms with Crippen molar-refractivity contribution in [1.82, 2.24) is 4.90 Å². The molecule has 0 unspecified atom stereocenters. The third-order valence-electron chi connectivity index (χ3n) is 4.19. The summed E-state index contributed by atoms with van der Waals surface area (Å²) >= 11 is 5.56. The maximum Gasteiger partial charge on any atom is 0.417 e. The van der Waals surface area contributed by atoms with E-state index in [1.807, 2.05) is 12.1 Å². The second kappa shape index (κ2) is 8.16. The molecule has 152 valence electrons. The zero-order chi connectivity index (χ0) is 21.2. The van der Waals surface area contributed by atoms with Gasteiger partial charge in [0.2, 0.25) is 5.91 Å². The van der Waals surface area contributed by atoms with Gasteiger partial charge in [0.1, 0.15) is 12.4 Å². The Morgan fingerprint density at radius 2 is 1.93 bits per heavy atom. The number of carbonyl (C=O) groups excluding carboxylic acids is 2. The molecule has 2 aromatic rings. The van der Waals surface area contributed by atoms with Gasteiger partial charge in [-0.25, -0.2) is 0 Å². The molecule has 9 heteroatoms. The van der Waals surface area contributed by atoms with E-state index in [2.05, 4.69) is 5.32 Å². The van der Waals surface area contributed by atoms with E-state index in [4.69, 9.17) is 16.3 Å². The van der Waals surface area contributed by atoms with Gasteiger partial charge < -0.3 is 15.0 Å². The number of nitrogens with one attached hydrogen (secondary N) is 1. The summed E-state index contributed by atoms with van der Waals surface area (Å²) in [5.74, 6) is -0.400. The van der Waals surface area contributed by atoms with Crippen LogP contribution in [-0.4, -0.2) is 36.9 Å². The van der Waals surface area contributed by atoms with Gasteiger partial charge in [-0.3, -0.25) is 9.59 Å². The fourth-order valence-corrected chi connectivity index (χ4v) is 3.02. The highest BCUT2D eigenvalue weighted by atomic mass is 35.5. The van der Waals surface area contributed by atoms with E-state index in [1.165, 1.54) is 18.0 Å². The predicted molar refractivity (Wildman–Crippen MR) is 103 cm³/mol. The van der Waals surface area contributed by atoms with Crippen LogP contribution in [0.1, 0.15) is 11.1 Å². The van der Waals surface area contributed by atoms with Gasteiger partial charge in [-0.15, -0.1) is 0 Å². The van der Waals surface area contributed by atoms with Gasteiger partial charge in [0, 0.05) is 18.3 Å². The minimum atomic E-state index is -4.64. The Hall–Kier alpha value is -3.00. The zero-order valence-electron chi connectivity index (χ0n) is 15.2. The topological polar surface area (TPSA) is 58.6 Å². The van der Waals surface area contributed by atoms with Crippen LogP contribution in [0.3, 0.4) is 0 Å². The van der Waals surface area contributed by atoms with E-state index in [0.29, 0.717) is 11.3 Å². The number of rotatable bonds is 4. The molecule has 1 aliphatic heterocycles. The average molecular weight is 425 g/mol. The summed E-state index contributed by atoms with van der Waals surface area (Å²) in [7, 11) is 1.42. The Labute approximate surface area is 169 Å². The number of anilines is 1. The molecule has 0 atom stereocenters. The molecular formula is C20H16ClF3N2O3. The summed E-state index contributed by atoms with van der Waals surface area (Å²) in [6.07, 6.45) is -2.96. The van der Waals surface area contributed by atoms with Gasteiger partial charge in [-0.1, -0.05) is 29.8 Å². The van der Waals surface area contributed by atoms with Gasteiger partial charge in [-0.05, 0) is 30.3 Å². The van der Waals surface area contributed by atoms with Crippen molar-refractivity contribution < 1.29 is 27.5 Å². The highest BCUT2D eigenvalue weighted by molar-refractivity contribution is 6.31. The number of likely N-dealkylation sites (N-methyl/N-ethyl adjacent to an activating group) is 1. The van der Waals surface area contributed by atoms with E-state index >= 15 is 0 Å². The number of amides is 2. The summed E-state index contributed by atoms with van der Waals surface area (Å²) in [5, 5.41) is 1.88. The van der Waals surface area contributed by atoms with Crippen molar-refractivity contribution in [3.8, 4) is 5.75 Å². The maximum atomic E-state index is 12.9. The molecule has 1 N–H and O–H groups in total. The number of halogens is 4. The Morgan fingerprint density at radius 3 is 2.66 bits per heavy atom. The minimum Gasteiger partial charge on any atom is -0.488 e. The lowest BCUT2D eigenvalue weighted by atomic mass is 10.1. The summed E-state index contributed by atoms with van der Waals surface area (Å²) in [5.41, 5.74) is -0.00284. The van der Waals surface area contributed by atoms with Gasteiger partial charge in [0.15, 0.2) is 0 Å². The van der Waals surface area contributed by atoms with Gasteiger partial charge in [0.05, 0.1) is 22.7 Å². The number of ether oxygens (including phenoxy) is 1. The van der Waals surface area contributed by atoms with E-state index < -0.39 is 28.6 Å². The van der Waals surface area contributed by atoms with Crippen LogP contribution in [0.25, 0.3) is 6.08 Å². The Morgan fingerprint density at radius 1 is 1.21 bits per heavy atom. The van der Waals surface area contributed by atoms with Crippen LogP contribution in [0, 0.1) is 0 Å². The molecule has 29 heavy (non-hydrogen) atoms. The van der Waals surface area contributed by atoms with E-state index in [-0.39, 0.29) is 18.8 Å².